The van der Waals surface area contributed by atoms with E-state index in [1.807, 2.05) is 0 Å². The van der Waals surface area contributed by atoms with Gasteiger partial charge in [0.15, 0.2) is 5.69 Å². The van der Waals surface area contributed by atoms with E-state index < -0.39 is 13.5 Å². The predicted octanol–water partition coefficient (Wildman–Crippen LogP) is 0.0475. The van der Waals surface area contributed by atoms with Crippen LogP contribution in [0.1, 0.15) is 10.5 Å². The van der Waals surface area contributed by atoms with Crippen molar-refractivity contribution in [3.05, 3.63) is 29.0 Å². The number of aromatic nitrogens is 6. The van der Waals surface area contributed by atoms with Crippen LogP contribution in [0.5, 0.6) is 0 Å². The van der Waals surface area contributed by atoms with Gasteiger partial charge < -0.3 is 0 Å². The van der Waals surface area contributed by atoms with Crippen LogP contribution < -0.4 is 0 Å². The molecule has 4 N–H and O–H groups in total. The minimum atomic E-state index is -4.73. The lowest BCUT2D eigenvalue weighted by molar-refractivity contribution is 0.101. The summed E-state index contributed by atoms with van der Waals surface area (Å²) in [4.78, 5) is 43.5. The van der Waals surface area contributed by atoms with E-state index in [9.17, 15) is 4.79 Å². The maximum absolute atomic E-state index is 11.9. The van der Waals surface area contributed by atoms with Crippen molar-refractivity contribution >= 4 is 30.7 Å². The molecule has 0 amide bonds. The third kappa shape index (κ3) is 2.39. The van der Waals surface area contributed by atoms with Crippen molar-refractivity contribution < 1.29 is 19.5 Å². The fourth-order valence-electron chi connectivity index (χ4n) is 1.76. The van der Waals surface area contributed by atoms with E-state index in [0.29, 0.717) is 0 Å². The largest absolute Gasteiger partial charge is 0.485 e. The van der Waals surface area contributed by atoms with Crippen LogP contribution >= 0.6 is 19.5 Å². The first kappa shape index (κ1) is 14.0. The van der Waals surface area contributed by atoms with Crippen LogP contribution in [0.3, 0.4) is 0 Å². The molecule has 21 heavy (non-hydrogen) atoms. The Hall–Kier alpha value is -1.97. The summed E-state index contributed by atoms with van der Waals surface area (Å²) in [6.07, 6.45) is 1.37. The molecule has 0 atom stereocenters. The number of halogens is 1. The molecule has 108 valence electrons. The Labute approximate surface area is 121 Å². The number of nitrogens with one attached hydrogen (secondary N) is 1. The van der Waals surface area contributed by atoms with Gasteiger partial charge in [-0.25, -0.2) is 9.78 Å². The molecule has 0 saturated heterocycles. The maximum Gasteiger partial charge on any atom is 0.485 e. The Kier molecular flexibility index (Phi) is 3.19. The van der Waals surface area contributed by atoms with Gasteiger partial charge in [-0.3, -0.25) is 4.40 Å². The number of H-pyrrole nitrogens is 1. The van der Waals surface area contributed by atoms with Crippen LogP contribution in [-0.2, 0) is 0 Å². The molecule has 0 fully saturated rings. The molecule has 0 spiro atoms. The van der Waals surface area contributed by atoms with Gasteiger partial charge in [0, 0.05) is 6.20 Å². The van der Waals surface area contributed by atoms with Gasteiger partial charge in [-0.05, 0) is 17.3 Å². The molecule has 10 nitrogen and oxygen atoms in total. The number of rotatable bonds is 3. The number of hydrogen-bond acceptors (Lipinski definition) is 8. The van der Waals surface area contributed by atoms with Gasteiger partial charge in [-0.2, -0.15) is 19.9 Å². The zero-order valence-corrected chi connectivity index (χ0v) is 11.7. The molecule has 0 bridgehead atoms. The second-order valence-corrected chi connectivity index (χ2v) is 5.94. The Morgan fingerprint density at radius 3 is 2.71 bits per heavy atom. The topological polar surface area (TPSA) is 150 Å². The van der Waals surface area contributed by atoms with Gasteiger partial charge in [-0.15, -0.1) is 10.2 Å². The smallest absolute Gasteiger partial charge is 0.291 e. The van der Waals surface area contributed by atoms with Crippen molar-refractivity contribution in [1.82, 2.24) is 30.0 Å². The second-order valence-electron chi connectivity index (χ2n) is 3.99. The number of hydrogen-bond donors (Lipinski definition) is 4. The molecule has 12 heteroatoms. The number of fused-ring (bicyclic) bond motifs is 1. The van der Waals surface area contributed by atoms with E-state index in [0.717, 1.165) is 0 Å². The minimum Gasteiger partial charge on any atom is -0.291 e. The standard InChI is InChI=1S/C9H7ClN6O4P/c10-4-1-2-6-11-5(8-12-14-15-13-8)3-16(6)7(4)9(17)21(18,19)20/h1-3,18-20H,(H,12,13,14,15)/q+1. The SMILES string of the molecule is O=C(c1c(Cl)ccc2nc(-c3nn[nH]n3)cn12)[P+](O)(O)O. The molecule has 0 radical (unpaired) electrons. The van der Waals surface area contributed by atoms with E-state index in [1.165, 1.54) is 22.7 Å². The van der Waals surface area contributed by atoms with Crippen molar-refractivity contribution in [3.8, 4) is 11.5 Å². The fraction of sp³-hybridized carbons (Fsp3) is 0. The first-order chi connectivity index (χ1) is 9.88. The lowest BCUT2D eigenvalue weighted by Crippen LogP contribution is -2.11. The zero-order chi connectivity index (χ0) is 15.2. The molecule has 0 saturated carbocycles. The first-order valence-electron chi connectivity index (χ1n) is 5.41. The summed E-state index contributed by atoms with van der Waals surface area (Å²) in [6.45, 7) is 0. The number of carbonyl (C=O) groups excluding carboxylic acids is 1. The molecule has 0 aliphatic heterocycles. The van der Waals surface area contributed by atoms with E-state index in [1.54, 1.807) is 0 Å². The highest BCUT2D eigenvalue weighted by molar-refractivity contribution is 7.76. The highest BCUT2D eigenvalue weighted by Crippen LogP contribution is 2.49. The van der Waals surface area contributed by atoms with Crippen molar-refractivity contribution in [2.75, 3.05) is 0 Å². The summed E-state index contributed by atoms with van der Waals surface area (Å²) in [5, 5.41) is 13.1. The van der Waals surface area contributed by atoms with Gasteiger partial charge >= 0.3 is 13.5 Å². The average Bonchev–Trinajstić information content (AvgIpc) is 3.05. The van der Waals surface area contributed by atoms with Crippen LogP contribution in [0.15, 0.2) is 18.3 Å². The van der Waals surface area contributed by atoms with Crippen molar-refractivity contribution in [3.63, 3.8) is 0 Å². The summed E-state index contributed by atoms with van der Waals surface area (Å²) in [5.41, 5.74) is -0.999. The lowest BCUT2D eigenvalue weighted by Gasteiger charge is -2.06. The predicted molar refractivity (Wildman–Crippen MR) is 71.3 cm³/mol. The van der Waals surface area contributed by atoms with Crippen molar-refractivity contribution in [2.45, 2.75) is 0 Å². The second kappa shape index (κ2) is 4.79. The number of tetrazole rings is 1. The van der Waals surface area contributed by atoms with Gasteiger partial charge in [0.25, 0.3) is 0 Å². The number of pyridine rings is 1. The Balaban J connectivity index is 2.24. The highest BCUT2D eigenvalue weighted by Gasteiger charge is 2.46. The van der Waals surface area contributed by atoms with E-state index in [4.69, 9.17) is 26.3 Å². The number of imidazole rings is 1. The van der Waals surface area contributed by atoms with Gasteiger partial charge in [0.1, 0.15) is 11.3 Å². The highest BCUT2D eigenvalue weighted by atomic mass is 35.5. The number of aromatic amines is 1. The third-order valence-corrected chi connectivity index (χ3v) is 3.69. The third-order valence-electron chi connectivity index (χ3n) is 2.63. The fourth-order valence-corrected chi connectivity index (χ4v) is 2.58. The summed E-state index contributed by atoms with van der Waals surface area (Å²) in [7, 11) is -4.73. The van der Waals surface area contributed by atoms with Crippen LogP contribution in [0.25, 0.3) is 17.2 Å². The monoisotopic (exact) mass is 329 g/mol. The van der Waals surface area contributed by atoms with Crippen LogP contribution in [0.2, 0.25) is 5.02 Å². The molecule has 3 aromatic heterocycles. The molecule has 0 aromatic carbocycles. The number of carbonyl (C=O) groups is 1. The van der Waals surface area contributed by atoms with Crippen molar-refractivity contribution in [1.29, 1.82) is 0 Å². The Morgan fingerprint density at radius 2 is 2.10 bits per heavy atom. The summed E-state index contributed by atoms with van der Waals surface area (Å²) in [6, 6.07) is 2.86. The molecule has 3 rings (SSSR count). The quantitative estimate of drug-likeness (QED) is 0.492. The zero-order valence-electron chi connectivity index (χ0n) is 10.0. The molecule has 3 heterocycles. The van der Waals surface area contributed by atoms with E-state index in [2.05, 4.69) is 25.6 Å². The van der Waals surface area contributed by atoms with Crippen LogP contribution in [0.4, 0.5) is 0 Å². The van der Waals surface area contributed by atoms with E-state index >= 15 is 0 Å². The maximum atomic E-state index is 11.9. The van der Waals surface area contributed by atoms with Crippen LogP contribution in [0, 0.1) is 0 Å². The summed E-state index contributed by atoms with van der Waals surface area (Å²) < 4.78 is 1.22. The number of nitrogens with zero attached hydrogens (tertiary/aromatic N) is 5. The average molecular weight is 330 g/mol. The Bertz CT molecular complexity index is 827. The van der Waals surface area contributed by atoms with Crippen LogP contribution in [-0.4, -0.2) is 50.2 Å². The molecule has 3 aromatic rings. The van der Waals surface area contributed by atoms with Crippen molar-refractivity contribution in [2.24, 2.45) is 0 Å². The van der Waals surface area contributed by atoms with Gasteiger partial charge in [-0.1, -0.05) is 11.6 Å². The molecular formula is C9H7ClN6O4P+. The molecule has 0 aliphatic rings. The normalized spacial score (nSPS) is 12.0. The molecule has 0 aliphatic carbocycles. The van der Waals surface area contributed by atoms with Gasteiger partial charge in [0.2, 0.25) is 5.82 Å². The molecule has 0 unspecified atom stereocenters. The van der Waals surface area contributed by atoms with Gasteiger partial charge in [0.05, 0.1) is 5.02 Å². The summed E-state index contributed by atoms with van der Waals surface area (Å²) in [5.74, 6) is 0.186. The summed E-state index contributed by atoms with van der Waals surface area (Å²) >= 11 is 5.90. The lowest BCUT2D eigenvalue weighted by atomic mass is 10.3. The molecular weight excluding hydrogens is 323 g/mol. The Morgan fingerprint density at radius 1 is 1.33 bits per heavy atom. The minimum absolute atomic E-state index is 0.0638. The first-order valence-corrected chi connectivity index (χ1v) is 7.44. The van der Waals surface area contributed by atoms with E-state index in [-0.39, 0.29) is 27.9 Å².